The second-order valence-corrected chi connectivity index (χ2v) is 9.13. The van der Waals surface area contributed by atoms with Gasteiger partial charge >= 0.3 is 6.09 Å². The van der Waals surface area contributed by atoms with Crippen LogP contribution in [0.25, 0.3) is 10.9 Å². The molecule has 1 amide bonds. The highest BCUT2D eigenvalue weighted by atomic mass is 127. The zero-order valence-corrected chi connectivity index (χ0v) is 19.8. The fourth-order valence-corrected chi connectivity index (χ4v) is 3.06. The fourth-order valence-electron chi connectivity index (χ4n) is 2.57. The molecule has 2 N–H and O–H groups in total. The second kappa shape index (κ2) is 10.00. The normalized spacial score (nSPS) is 10.8. The number of rotatable bonds is 4. The molecule has 0 radical (unpaired) electrons. The van der Waals surface area contributed by atoms with E-state index < -0.39 is 11.7 Å². The van der Waals surface area contributed by atoms with Gasteiger partial charge in [0, 0.05) is 50.6 Å². The van der Waals surface area contributed by atoms with Crippen LogP contribution in [0.1, 0.15) is 31.9 Å². The first kappa shape index (κ1) is 22.2. The summed E-state index contributed by atoms with van der Waals surface area (Å²) < 4.78 is 5.24. The summed E-state index contributed by atoms with van der Waals surface area (Å²) in [6.45, 7) is 5.89. The maximum absolute atomic E-state index is 11.7. The number of hydrogen-bond acceptors (Lipinski definition) is 6. The zero-order chi connectivity index (χ0) is 21.6. The number of hydrogen-bond donors (Lipinski definition) is 2. The van der Waals surface area contributed by atoms with Crippen LogP contribution < -0.4 is 10.6 Å². The van der Waals surface area contributed by atoms with Crippen LogP contribution in [0.5, 0.6) is 0 Å². The van der Waals surface area contributed by atoms with Crippen LogP contribution in [-0.4, -0.2) is 21.7 Å². The number of halogens is 1. The summed E-state index contributed by atoms with van der Waals surface area (Å²) in [4.78, 5) is 20.7. The van der Waals surface area contributed by atoms with Crippen LogP contribution in [0.4, 0.5) is 16.4 Å². The molecule has 3 aromatic rings. The quantitative estimate of drug-likeness (QED) is 0.327. The second-order valence-electron chi connectivity index (χ2n) is 7.45. The number of ether oxygens (including phenoxy) is 1. The number of anilines is 2. The number of alkyl carbamates (subject to hydrolysis) is 1. The molecule has 0 aliphatic heterocycles. The summed E-state index contributed by atoms with van der Waals surface area (Å²) in [7, 11) is 1.45. The smallest absolute Gasteiger partial charge is 0.407 e. The van der Waals surface area contributed by atoms with Gasteiger partial charge in [-0.3, -0.25) is 0 Å². The molecular weight excluding hydrogens is 511 g/mol. The largest absolute Gasteiger partial charge is 0.444 e. The molecule has 8 heteroatoms. The Morgan fingerprint density at radius 1 is 1.20 bits per heavy atom. The Hall–Kier alpha value is -2.51. The zero-order valence-electron chi connectivity index (χ0n) is 16.8. The molecule has 0 bridgehead atoms. The van der Waals surface area contributed by atoms with Crippen molar-refractivity contribution in [1.29, 1.82) is 0 Å². The SMILES string of the molecule is CC(C)(C)OC(=O)NCc1ccc(Nc2ncc3cc(C#CSI)ccc3n2)cc1. The van der Waals surface area contributed by atoms with Crippen molar-refractivity contribution >= 4 is 58.8 Å². The lowest BCUT2D eigenvalue weighted by atomic mass is 10.1. The minimum atomic E-state index is -0.513. The first-order valence-electron chi connectivity index (χ1n) is 9.21. The van der Waals surface area contributed by atoms with Crippen molar-refractivity contribution in [2.75, 3.05) is 5.32 Å². The molecule has 0 spiro atoms. The van der Waals surface area contributed by atoms with E-state index in [1.165, 1.54) is 8.93 Å². The Labute approximate surface area is 192 Å². The molecule has 0 saturated carbocycles. The summed E-state index contributed by atoms with van der Waals surface area (Å²) in [6.07, 6.45) is 1.35. The van der Waals surface area contributed by atoms with Crippen LogP contribution >= 0.6 is 30.1 Å². The Kier molecular flexibility index (Phi) is 7.39. The van der Waals surface area contributed by atoms with Crippen molar-refractivity contribution < 1.29 is 9.53 Å². The molecule has 6 nitrogen and oxygen atoms in total. The van der Waals surface area contributed by atoms with Gasteiger partial charge in [-0.1, -0.05) is 18.1 Å². The van der Waals surface area contributed by atoms with Gasteiger partial charge in [0.05, 0.1) is 5.52 Å². The standard InChI is InChI=1S/C22H21IN4O2S/c1-22(2,3)29-21(28)25-13-16-4-7-18(8-5-16)26-20-24-14-17-12-15(10-11-30-23)6-9-19(17)27-20/h4-9,12,14H,13H2,1-3H3,(H,25,28)(H,24,26,27). The van der Waals surface area contributed by atoms with E-state index in [-0.39, 0.29) is 0 Å². The van der Waals surface area contributed by atoms with Crippen molar-refractivity contribution in [3.63, 3.8) is 0 Å². The number of benzene rings is 2. The minimum absolute atomic E-state index is 0.392. The summed E-state index contributed by atoms with van der Waals surface area (Å²) in [5, 5.41) is 9.86. The van der Waals surface area contributed by atoms with Gasteiger partial charge in [0.25, 0.3) is 0 Å². The highest BCUT2D eigenvalue weighted by Gasteiger charge is 2.15. The highest BCUT2D eigenvalue weighted by molar-refractivity contribution is 14.2. The lowest BCUT2D eigenvalue weighted by molar-refractivity contribution is 0.0523. The number of nitrogens with zero attached hydrogens (tertiary/aromatic N) is 2. The molecule has 154 valence electrons. The van der Waals surface area contributed by atoms with Crippen molar-refractivity contribution in [1.82, 2.24) is 15.3 Å². The van der Waals surface area contributed by atoms with Crippen LogP contribution in [0, 0.1) is 11.2 Å². The van der Waals surface area contributed by atoms with Gasteiger partial charge in [-0.2, -0.15) is 0 Å². The van der Waals surface area contributed by atoms with E-state index in [1.54, 1.807) is 6.20 Å². The molecule has 0 saturated heterocycles. The number of amides is 1. The summed E-state index contributed by atoms with van der Waals surface area (Å²) in [5.74, 6) is 3.59. The van der Waals surface area contributed by atoms with E-state index in [9.17, 15) is 4.79 Å². The lowest BCUT2D eigenvalue weighted by Crippen LogP contribution is -2.32. The molecule has 1 heterocycles. The summed E-state index contributed by atoms with van der Waals surface area (Å²) in [5.41, 5.74) is 3.09. The fraction of sp³-hybridized carbons (Fsp3) is 0.227. The van der Waals surface area contributed by atoms with E-state index >= 15 is 0 Å². The number of aromatic nitrogens is 2. The van der Waals surface area contributed by atoms with Crippen molar-refractivity contribution in [2.45, 2.75) is 32.9 Å². The van der Waals surface area contributed by atoms with E-state index in [1.807, 2.05) is 63.2 Å². The third-order valence-corrected chi connectivity index (χ3v) is 4.70. The number of fused-ring (bicyclic) bond motifs is 1. The van der Waals surface area contributed by atoms with E-state index in [0.29, 0.717) is 12.5 Å². The van der Waals surface area contributed by atoms with Gasteiger partial charge in [0.15, 0.2) is 0 Å². The van der Waals surface area contributed by atoms with Crippen molar-refractivity contribution in [3.05, 3.63) is 59.8 Å². The molecule has 1 aromatic heterocycles. The molecule has 0 fully saturated rings. The average molecular weight is 532 g/mol. The Morgan fingerprint density at radius 2 is 1.97 bits per heavy atom. The maximum Gasteiger partial charge on any atom is 0.407 e. The maximum atomic E-state index is 11.7. The minimum Gasteiger partial charge on any atom is -0.444 e. The van der Waals surface area contributed by atoms with Gasteiger partial charge in [-0.25, -0.2) is 14.8 Å². The molecule has 30 heavy (non-hydrogen) atoms. The topological polar surface area (TPSA) is 76.1 Å². The van der Waals surface area contributed by atoms with E-state index in [4.69, 9.17) is 4.74 Å². The monoisotopic (exact) mass is 532 g/mol. The molecule has 0 aliphatic carbocycles. The van der Waals surface area contributed by atoms with Crippen molar-refractivity contribution in [2.24, 2.45) is 0 Å². The molecular formula is C22H21IN4O2S. The number of carbonyl (C=O) groups is 1. The molecule has 2 aromatic carbocycles. The van der Waals surface area contributed by atoms with E-state index in [0.717, 1.165) is 27.7 Å². The first-order valence-corrected chi connectivity index (χ1v) is 12.6. The average Bonchev–Trinajstić information content (AvgIpc) is 2.70. The van der Waals surface area contributed by atoms with Gasteiger partial charge in [-0.15, -0.1) is 0 Å². The Balaban J connectivity index is 1.62. The first-order chi connectivity index (χ1) is 14.3. The number of carbonyl (C=O) groups excluding carboxylic acids is 1. The third kappa shape index (κ3) is 6.78. The Morgan fingerprint density at radius 3 is 2.67 bits per heavy atom. The predicted molar refractivity (Wildman–Crippen MR) is 131 cm³/mol. The molecule has 0 aliphatic rings. The summed E-state index contributed by atoms with van der Waals surface area (Å²) in [6, 6.07) is 13.6. The molecule has 0 atom stereocenters. The summed E-state index contributed by atoms with van der Waals surface area (Å²) >= 11 is 2.15. The van der Waals surface area contributed by atoms with Gasteiger partial charge in [0.1, 0.15) is 5.60 Å². The molecule has 0 unspecified atom stereocenters. The molecule has 3 rings (SSSR count). The third-order valence-electron chi connectivity index (χ3n) is 3.86. The van der Waals surface area contributed by atoms with Crippen molar-refractivity contribution in [3.8, 4) is 11.2 Å². The lowest BCUT2D eigenvalue weighted by Gasteiger charge is -2.19. The van der Waals surface area contributed by atoms with Crippen LogP contribution in [0.3, 0.4) is 0 Å². The van der Waals surface area contributed by atoms with Gasteiger partial charge < -0.3 is 15.4 Å². The number of nitrogens with one attached hydrogen (secondary N) is 2. The Bertz CT molecular complexity index is 1100. The van der Waals surface area contributed by atoms with Crippen LogP contribution in [-0.2, 0) is 11.3 Å². The van der Waals surface area contributed by atoms with Gasteiger partial charge in [-0.05, 0) is 70.9 Å². The van der Waals surface area contributed by atoms with Crippen LogP contribution in [0.15, 0.2) is 48.7 Å². The van der Waals surface area contributed by atoms with Gasteiger partial charge in [0.2, 0.25) is 5.95 Å². The highest BCUT2D eigenvalue weighted by Crippen LogP contribution is 2.19. The van der Waals surface area contributed by atoms with Crippen LogP contribution in [0.2, 0.25) is 0 Å². The predicted octanol–water partition coefficient (Wildman–Crippen LogP) is 5.79. The van der Waals surface area contributed by atoms with E-state index in [2.05, 4.69) is 53.0 Å².